The van der Waals surface area contributed by atoms with Gasteiger partial charge < -0.3 is 10.2 Å². The van der Waals surface area contributed by atoms with Crippen molar-refractivity contribution in [3.05, 3.63) is 35.9 Å². The van der Waals surface area contributed by atoms with Crippen LogP contribution in [0.2, 0.25) is 0 Å². The Morgan fingerprint density at radius 2 is 2.12 bits per heavy atom. The topological polar surface area (TPSA) is 78.1 Å². The summed E-state index contributed by atoms with van der Waals surface area (Å²) in [5.74, 6) is 0.182. The zero-order valence-electron chi connectivity index (χ0n) is 13.6. The maximum atomic E-state index is 12.4. The van der Waals surface area contributed by atoms with Gasteiger partial charge in [-0.2, -0.15) is 5.10 Å². The van der Waals surface area contributed by atoms with Crippen molar-refractivity contribution in [3.63, 3.8) is 0 Å². The third-order valence-corrected chi connectivity index (χ3v) is 4.78. The molecule has 2 amide bonds. The smallest absolute Gasteiger partial charge is 0.230 e. The van der Waals surface area contributed by atoms with Crippen molar-refractivity contribution >= 4 is 17.6 Å². The molecule has 1 unspecified atom stereocenters. The van der Waals surface area contributed by atoms with Crippen LogP contribution in [-0.4, -0.2) is 39.5 Å². The summed E-state index contributed by atoms with van der Waals surface area (Å²) in [5, 5.41) is 9.97. The number of carbonyl (C=O) groups is 2. The second kappa shape index (κ2) is 5.78. The number of aryl methyl sites for hydroxylation is 1. The van der Waals surface area contributed by atoms with Crippen LogP contribution < -0.4 is 5.32 Å². The fraction of sp³-hybridized carbons (Fsp3) is 0.389. The van der Waals surface area contributed by atoms with Crippen LogP contribution in [-0.2, 0) is 9.59 Å². The minimum absolute atomic E-state index is 0.0975. The lowest BCUT2D eigenvalue weighted by atomic mass is 10.1. The Hall–Kier alpha value is -2.63. The number of hydrogen-bond donors (Lipinski definition) is 2. The molecule has 1 aliphatic carbocycles. The maximum absolute atomic E-state index is 12.4. The van der Waals surface area contributed by atoms with Crippen LogP contribution in [0.25, 0.3) is 11.3 Å². The number of aromatic amines is 1. The summed E-state index contributed by atoms with van der Waals surface area (Å²) in [6, 6.07) is 10.2. The first-order valence-corrected chi connectivity index (χ1v) is 8.33. The van der Waals surface area contributed by atoms with Gasteiger partial charge in [-0.15, -0.1) is 0 Å². The molecule has 4 rings (SSSR count). The van der Waals surface area contributed by atoms with Crippen LogP contribution in [0.4, 0.5) is 5.82 Å². The van der Waals surface area contributed by atoms with E-state index in [-0.39, 0.29) is 17.7 Å². The molecule has 1 aliphatic heterocycles. The zero-order chi connectivity index (χ0) is 16.7. The number of amides is 2. The van der Waals surface area contributed by atoms with Gasteiger partial charge in [-0.25, -0.2) is 0 Å². The first kappa shape index (κ1) is 14.9. The molecule has 2 heterocycles. The molecular weight excluding hydrogens is 304 g/mol. The highest BCUT2D eigenvalue weighted by atomic mass is 16.2. The summed E-state index contributed by atoms with van der Waals surface area (Å²) in [4.78, 5) is 26.2. The Balaban J connectivity index is 1.43. The Labute approximate surface area is 140 Å². The molecule has 1 aromatic carbocycles. The number of rotatable bonds is 4. The molecule has 1 saturated heterocycles. The fourth-order valence-corrected chi connectivity index (χ4v) is 3.27. The van der Waals surface area contributed by atoms with Crippen LogP contribution >= 0.6 is 0 Å². The Morgan fingerprint density at radius 3 is 2.88 bits per heavy atom. The highest BCUT2D eigenvalue weighted by molar-refractivity contribution is 5.97. The van der Waals surface area contributed by atoms with E-state index < -0.39 is 0 Å². The predicted octanol–water partition coefficient (Wildman–Crippen LogP) is 2.33. The van der Waals surface area contributed by atoms with Gasteiger partial charge in [-0.05, 0) is 25.3 Å². The molecule has 2 fully saturated rings. The standard InChI is InChI=1S/C18H20N4O2/c1-11-4-2-3-5-14(11)15-9-16(21-20-15)19-18(24)12-8-17(23)22(10-12)13-6-7-13/h2-5,9,12-13H,6-8,10H2,1H3,(H2,19,20,21,24). The van der Waals surface area contributed by atoms with Crippen LogP contribution in [0, 0.1) is 12.8 Å². The van der Waals surface area contributed by atoms with Crippen molar-refractivity contribution in [3.8, 4) is 11.3 Å². The SMILES string of the molecule is Cc1ccccc1-c1cc(NC(=O)C2CC(=O)N(C3CC3)C2)n[nH]1. The van der Waals surface area contributed by atoms with Crippen molar-refractivity contribution in [1.82, 2.24) is 15.1 Å². The van der Waals surface area contributed by atoms with Gasteiger partial charge in [-0.3, -0.25) is 14.7 Å². The first-order chi connectivity index (χ1) is 11.6. The van der Waals surface area contributed by atoms with Crippen molar-refractivity contribution in [2.45, 2.75) is 32.2 Å². The Kier molecular flexibility index (Phi) is 3.59. The van der Waals surface area contributed by atoms with E-state index in [1.54, 1.807) is 0 Å². The van der Waals surface area contributed by atoms with Gasteiger partial charge in [0.2, 0.25) is 11.8 Å². The first-order valence-electron chi connectivity index (χ1n) is 8.33. The molecule has 0 radical (unpaired) electrons. The molecule has 2 N–H and O–H groups in total. The fourth-order valence-electron chi connectivity index (χ4n) is 3.27. The third-order valence-electron chi connectivity index (χ3n) is 4.78. The van der Waals surface area contributed by atoms with Crippen molar-refractivity contribution in [2.24, 2.45) is 5.92 Å². The highest BCUT2D eigenvalue weighted by Crippen LogP contribution is 2.33. The lowest BCUT2D eigenvalue weighted by molar-refractivity contribution is -0.128. The second-order valence-corrected chi connectivity index (χ2v) is 6.65. The average Bonchev–Trinajstić information content (AvgIpc) is 3.18. The van der Waals surface area contributed by atoms with E-state index in [9.17, 15) is 9.59 Å². The minimum Gasteiger partial charge on any atom is -0.339 e. The largest absolute Gasteiger partial charge is 0.339 e. The van der Waals surface area contributed by atoms with Gasteiger partial charge in [0, 0.05) is 30.6 Å². The lowest BCUT2D eigenvalue weighted by Gasteiger charge is -2.14. The minimum atomic E-state index is -0.281. The summed E-state index contributed by atoms with van der Waals surface area (Å²) in [6.45, 7) is 2.56. The predicted molar refractivity (Wildman–Crippen MR) is 90.2 cm³/mol. The molecular formula is C18H20N4O2. The molecule has 6 nitrogen and oxygen atoms in total. The van der Waals surface area contributed by atoms with E-state index in [4.69, 9.17) is 0 Å². The van der Waals surface area contributed by atoms with E-state index in [0.717, 1.165) is 29.7 Å². The molecule has 24 heavy (non-hydrogen) atoms. The lowest BCUT2D eigenvalue weighted by Crippen LogP contribution is -2.29. The third kappa shape index (κ3) is 2.79. The Morgan fingerprint density at radius 1 is 1.33 bits per heavy atom. The molecule has 1 atom stereocenters. The molecule has 0 spiro atoms. The monoisotopic (exact) mass is 324 g/mol. The number of hydrogen-bond acceptors (Lipinski definition) is 3. The molecule has 2 aliphatic rings. The van der Waals surface area contributed by atoms with Crippen LogP contribution in [0.3, 0.4) is 0 Å². The number of carbonyl (C=O) groups excluding carboxylic acids is 2. The summed E-state index contributed by atoms with van der Waals surface area (Å²) in [7, 11) is 0. The highest BCUT2D eigenvalue weighted by Gasteiger charge is 2.41. The van der Waals surface area contributed by atoms with Gasteiger partial charge in [-0.1, -0.05) is 24.3 Å². The molecule has 1 saturated carbocycles. The Bertz CT molecular complexity index is 794. The number of H-pyrrole nitrogens is 1. The molecule has 1 aromatic heterocycles. The number of anilines is 1. The average molecular weight is 324 g/mol. The van der Waals surface area contributed by atoms with Gasteiger partial charge in [0.1, 0.15) is 0 Å². The summed E-state index contributed by atoms with van der Waals surface area (Å²) < 4.78 is 0. The van der Waals surface area contributed by atoms with Gasteiger partial charge in [0.05, 0.1) is 11.6 Å². The number of nitrogens with one attached hydrogen (secondary N) is 2. The number of likely N-dealkylation sites (tertiary alicyclic amines) is 1. The zero-order valence-corrected chi connectivity index (χ0v) is 13.6. The van der Waals surface area contributed by atoms with Crippen LogP contribution in [0.15, 0.2) is 30.3 Å². The van der Waals surface area contributed by atoms with Crippen molar-refractivity contribution < 1.29 is 9.59 Å². The normalized spacial score (nSPS) is 20.5. The number of benzene rings is 1. The van der Waals surface area contributed by atoms with E-state index in [0.29, 0.717) is 24.8 Å². The van der Waals surface area contributed by atoms with E-state index >= 15 is 0 Å². The number of aromatic nitrogens is 2. The van der Waals surface area contributed by atoms with Crippen molar-refractivity contribution in [2.75, 3.05) is 11.9 Å². The van der Waals surface area contributed by atoms with E-state index in [2.05, 4.69) is 15.5 Å². The summed E-state index contributed by atoms with van der Waals surface area (Å²) >= 11 is 0. The van der Waals surface area contributed by atoms with Crippen LogP contribution in [0.1, 0.15) is 24.8 Å². The molecule has 0 bridgehead atoms. The van der Waals surface area contributed by atoms with Gasteiger partial charge in [0.15, 0.2) is 5.82 Å². The maximum Gasteiger partial charge on any atom is 0.230 e. The van der Waals surface area contributed by atoms with E-state index in [1.165, 1.54) is 0 Å². The molecule has 2 aromatic rings. The van der Waals surface area contributed by atoms with Crippen molar-refractivity contribution in [1.29, 1.82) is 0 Å². The summed E-state index contributed by atoms with van der Waals surface area (Å²) in [6.07, 6.45) is 2.44. The van der Waals surface area contributed by atoms with Crippen LogP contribution in [0.5, 0.6) is 0 Å². The van der Waals surface area contributed by atoms with E-state index in [1.807, 2.05) is 42.2 Å². The van der Waals surface area contributed by atoms with Gasteiger partial charge >= 0.3 is 0 Å². The summed E-state index contributed by atoms with van der Waals surface area (Å²) in [5.41, 5.74) is 3.06. The molecule has 124 valence electrons. The quantitative estimate of drug-likeness (QED) is 0.906. The second-order valence-electron chi connectivity index (χ2n) is 6.65. The number of nitrogens with zero attached hydrogens (tertiary/aromatic N) is 2. The molecule has 6 heteroatoms. The van der Waals surface area contributed by atoms with Gasteiger partial charge in [0.25, 0.3) is 0 Å².